The van der Waals surface area contributed by atoms with Gasteiger partial charge in [0.25, 0.3) is 0 Å². The van der Waals surface area contributed by atoms with Gasteiger partial charge in [0.05, 0.1) is 14.2 Å². The summed E-state index contributed by atoms with van der Waals surface area (Å²) in [5.74, 6) is 0. The quantitative estimate of drug-likeness (QED) is 0.611. The molecule has 0 aliphatic carbocycles. The largest absolute Gasteiger partial charge is 0.389 e. The van der Waals surface area contributed by atoms with Crippen LogP contribution in [0.4, 0.5) is 13.2 Å². The fourth-order valence-corrected chi connectivity index (χ4v) is 3.02. The molecule has 0 N–H and O–H groups in total. The fourth-order valence-electron chi connectivity index (χ4n) is 0.950. The van der Waals surface area contributed by atoms with E-state index < -0.39 is 18.0 Å². The van der Waals surface area contributed by atoms with Crippen LogP contribution in [-0.2, 0) is 0 Å². The van der Waals surface area contributed by atoms with Crippen LogP contribution in [0.25, 0.3) is 0 Å². The van der Waals surface area contributed by atoms with Crippen molar-refractivity contribution in [2.75, 3.05) is 0 Å². The number of alkyl halides is 4. The van der Waals surface area contributed by atoms with E-state index in [0.29, 0.717) is 13.7 Å². The fraction of sp³-hybridized carbons (Fsp3) is 0.500. The van der Waals surface area contributed by atoms with Crippen LogP contribution < -0.4 is 0 Å². The van der Waals surface area contributed by atoms with E-state index in [4.69, 9.17) is 23.2 Å². The maximum Gasteiger partial charge on any atom is 0.389 e. The summed E-state index contributed by atoms with van der Waals surface area (Å²) in [5.41, 5.74) is 0. The molecule has 1 rings (SSSR count). The standard InChI is InChI=1S/C8H6BrCl2F3S/c9-7-5(11)3-6(15-7)4(10)1-2-8(12,13)14/h3-4H,1-2H2. The molecule has 0 radical (unpaired) electrons. The third kappa shape index (κ3) is 4.51. The lowest BCUT2D eigenvalue weighted by atomic mass is 10.2. The van der Waals surface area contributed by atoms with Gasteiger partial charge in [-0.05, 0) is 28.4 Å². The Labute approximate surface area is 108 Å². The molecular weight excluding hydrogens is 336 g/mol. The molecule has 1 atom stereocenters. The molecule has 86 valence electrons. The summed E-state index contributed by atoms with van der Waals surface area (Å²) in [7, 11) is 0. The van der Waals surface area contributed by atoms with Gasteiger partial charge >= 0.3 is 6.18 Å². The van der Waals surface area contributed by atoms with E-state index in [1.54, 1.807) is 6.07 Å². The SMILES string of the molecule is FC(F)(F)CCC(Cl)c1cc(Cl)c(Br)s1. The first kappa shape index (κ1) is 13.6. The highest BCUT2D eigenvalue weighted by Gasteiger charge is 2.28. The Kier molecular flexibility index (Phi) is 4.77. The zero-order chi connectivity index (χ0) is 11.6. The molecule has 1 heterocycles. The first-order chi connectivity index (χ1) is 6.79. The van der Waals surface area contributed by atoms with Crippen molar-refractivity contribution in [3.8, 4) is 0 Å². The molecule has 0 nitrogen and oxygen atoms in total. The number of thiophene rings is 1. The summed E-state index contributed by atoms with van der Waals surface area (Å²) in [6, 6.07) is 1.59. The van der Waals surface area contributed by atoms with Gasteiger partial charge in [-0.3, -0.25) is 0 Å². The summed E-state index contributed by atoms with van der Waals surface area (Å²) in [4.78, 5) is 0.651. The van der Waals surface area contributed by atoms with Crippen molar-refractivity contribution in [3.05, 3.63) is 19.8 Å². The van der Waals surface area contributed by atoms with Crippen LogP contribution in [-0.4, -0.2) is 6.18 Å². The van der Waals surface area contributed by atoms with Gasteiger partial charge in [-0.1, -0.05) is 11.6 Å². The van der Waals surface area contributed by atoms with Gasteiger partial charge in [0, 0.05) is 11.3 Å². The van der Waals surface area contributed by atoms with Crippen molar-refractivity contribution in [2.24, 2.45) is 0 Å². The van der Waals surface area contributed by atoms with Gasteiger partial charge in [0.1, 0.15) is 0 Å². The molecule has 0 amide bonds. The maximum atomic E-state index is 11.9. The van der Waals surface area contributed by atoms with Crippen LogP contribution in [0.5, 0.6) is 0 Å². The van der Waals surface area contributed by atoms with Gasteiger partial charge in [-0.15, -0.1) is 22.9 Å². The van der Waals surface area contributed by atoms with E-state index >= 15 is 0 Å². The van der Waals surface area contributed by atoms with Gasteiger partial charge in [0.15, 0.2) is 0 Å². The summed E-state index contributed by atoms with van der Waals surface area (Å²) in [6.45, 7) is 0. The van der Waals surface area contributed by atoms with Crippen molar-refractivity contribution in [1.29, 1.82) is 0 Å². The van der Waals surface area contributed by atoms with Crippen LogP contribution in [0.1, 0.15) is 23.1 Å². The summed E-state index contributed by atoms with van der Waals surface area (Å²) < 4.78 is 36.5. The van der Waals surface area contributed by atoms with Gasteiger partial charge in [0.2, 0.25) is 0 Å². The zero-order valence-corrected chi connectivity index (χ0v) is 11.2. The minimum absolute atomic E-state index is 0.131. The summed E-state index contributed by atoms with van der Waals surface area (Å²) in [6.07, 6.45) is -5.17. The molecule has 0 saturated heterocycles. The molecule has 0 saturated carbocycles. The van der Waals surface area contributed by atoms with Gasteiger partial charge in [-0.25, -0.2) is 0 Å². The maximum absolute atomic E-state index is 11.9. The van der Waals surface area contributed by atoms with Crippen molar-refractivity contribution in [3.63, 3.8) is 0 Å². The Morgan fingerprint density at radius 2 is 2.07 bits per heavy atom. The highest BCUT2D eigenvalue weighted by molar-refractivity contribution is 9.11. The number of halogens is 6. The van der Waals surface area contributed by atoms with Gasteiger partial charge < -0.3 is 0 Å². The van der Waals surface area contributed by atoms with E-state index in [-0.39, 0.29) is 6.42 Å². The molecule has 0 fully saturated rings. The minimum atomic E-state index is -4.16. The molecule has 0 aliphatic heterocycles. The van der Waals surface area contributed by atoms with E-state index in [2.05, 4.69) is 15.9 Å². The van der Waals surface area contributed by atoms with Gasteiger partial charge in [-0.2, -0.15) is 13.2 Å². The lowest BCUT2D eigenvalue weighted by molar-refractivity contribution is -0.135. The first-order valence-electron chi connectivity index (χ1n) is 3.95. The molecule has 15 heavy (non-hydrogen) atoms. The lowest BCUT2D eigenvalue weighted by Gasteiger charge is -2.09. The van der Waals surface area contributed by atoms with E-state index in [1.807, 2.05) is 0 Å². The predicted molar refractivity (Wildman–Crippen MR) is 60.9 cm³/mol. The monoisotopic (exact) mass is 340 g/mol. The van der Waals surface area contributed by atoms with Crippen molar-refractivity contribution >= 4 is 50.5 Å². The van der Waals surface area contributed by atoms with Crippen LogP contribution >= 0.6 is 50.5 Å². The Morgan fingerprint density at radius 3 is 2.47 bits per heavy atom. The summed E-state index contributed by atoms with van der Waals surface area (Å²) in [5, 5.41) is -0.159. The number of hydrogen-bond acceptors (Lipinski definition) is 1. The normalized spacial score (nSPS) is 14.3. The third-order valence-corrected chi connectivity index (χ3v) is 4.83. The molecule has 0 aliphatic rings. The highest BCUT2D eigenvalue weighted by Crippen LogP contribution is 2.40. The Morgan fingerprint density at radius 1 is 1.47 bits per heavy atom. The summed E-state index contributed by atoms with van der Waals surface area (Å²) >= 11 is 16.0. The third-order valence-electron chi connectivity index (χ3n) is 1.65. The van der Waals surface area contributed by atoms with Crippen LogP contribution in [0.2, 0.25) is 5.02 Å². The molecule has 0 bridgehead atoms. The first-order valence-corrected chi connectivity index (χ1v) is 6.37. The van der Waals surface area contributed by atoms with E-state index in [9.17, 15) is 13.2 Å². The molecule has 1 aromatic rings. The average Bonchev–Trinajstić information content (AvgIpc) is 2.42. The van der Waals surface area contributed by atoms with Crippen LogP contribution in [0, 0.1) is 0 Å². The highest BCUT2D eigenvalue weighted by atomic mass is 79.9. The molecule has 1 aromatic heterocycles. The lowest BCUT2D eigenvalue weighted by Crippen LogP contribution is -2.07. The second kappa shape index (κ2) is 5.25. The van der Waals surface area contributed by atoms with Crippen LogP contribution in [0.3, 0.4) is 0 Å². The van der Waals surface area contributed by atoms with Crippen molar-refractivity contribution in [1.82, 2.24) is 0 Å². The second-order valence-electron chi connectivity index (χ2n) is 2.89. The number of rotatable bonds is 3. The predicted octanol–water partition coefficient (Wildman–Crippen LogP) is 5.79. The Hall–Kier alpha value is 0.550. The average molecular weight is 342 g/mol. The van der Waals surface area contributed by atoms with Crippen molar-refractivity contribution in [2.45, 2.75) is 24.4 Å². The zero-order valence-electron chi connectivity index (χ0n) is 7.24. The van der Waals surface area contributed by atoms with Crippen LogP contribution in [0.15, 0.2) is 9.85 Å². The molecule has 1 unspecified atom stereocenters. The molecule has 0 aromatic carbocycles. The second-order valence-corrected chi connectivity index (χ2v) is 6.23. The Bertz CT molecular complexity index is 318. The van der Waals surface area contributed by atoms with Crippen molar-refractivity contribution < 1.29 is 13.2 Å². The number of hydrogen-bond donors (Lipinski definition) is 0. The van der Waals surface area contributed by atoms with E-state index in [1.165, 1.54) is 11.3 Å². The molecule has 0 spiro atoms. The molecular formula is C8H6BrCl2F3S. The van der Waals surface area contributed by atoms with E-state index in [0.717, 1.165) is 0 Å². The topological polar surface area (TPSA) is 0 Å². The smallest absolute Gasteiger partial charge is 0.171 e. The minimum Gasteiger partial charge on any atom is -0.171 e. The molecule has 7 heteroatoms. The Balaban J connectivity index is 2.58.